The van der Waals surface area contributed by atoms with Crippen LogP contribution in [-0.4, -0.2) is 31.1 Å². The Balaban J connectivity index is 0.00000144. The second kappa shape index (κ2) is 8.76. The third-order valence-corrected chi connectivity index (χ3v) is 3.66. The van der Waals surface area contributed by atoms with Gasteiger partial charge in [0.15, 0.2) is 0 Å². The third kappa shape index (κ3) is 4.77. The molecule has 1 aliphatic heterocycles. The van der Waals surface area contributed by atoms with E-state index in [2.05, 4.69) is 54.5 Å². The van der Waals surface area contributed by atoms with Crippen LogP contribution in [0.25, 0.3) is 0 Å². The number of benzene rings is 1. The molecule has 1 aliphatic rings. The highest BCUT2D eigenvalue weighted by atomic mass is 35.5. The van der Waals surface area contributed by atoms with E-state index >= 15 is 0 Å². The highest BCUT2D eigenvalue weighted by molar-refractivity contribution is 5.85. The van der Waals surface area contributed by atoms with Gasteiger partial charge in [-0.05, 0) is 31.5 Å². The number of hydrogen-bond acceptors (Lipinski definition) is 2. The summed E-state index contributed by atoms with van der Waals surface area (Å²) < 4.78 is 0. The fourth-order valence-corrected chi connectivity index (χ4v) is 2.50. The highest BCUT2D eigenvalue weighted by Crippen LogP contribution is 2.18. The zero-order valence-electron chi connectivity index (χ0n) is 11.1. The molecule has 1 aromatic rings. The van der Waals surface area contributed by atoms with Crippen molar-refractivity contribution in [1.82, 2.24) is 10.2 Å². The number of nitrogens with zero attached hydrogens (tertiary/aromatic N) is 1. The first-order valence-electron chi connectivity index (χ1n) is 6.23. The summed E-state index contributed by atoms with van der Waals surface area (Å²) >= 11 is 0. The topological polar surface area (TPSA) is 15.3 Å². The molecular weight excluding hydrogens is 267 g/mol. The van der Waals surface area contributed by atoms with Crippen LogP contribution in [-0.2, 0) is 6.54 Å². The Morgan fingerprint density at radius 2 is 1.89 bits per heavy atom. The maximum atomic E-state index is 3.43. The first-order valence-corrected chi connectivity index (χ1v) is 6.23. The van der Waals surface area contributed by atoms with E-state index in [1.807, 2.05) is 0 Å². The first kappa shape index (κ1) is 17.7. The fourth-order valence-electron chi connectivity index (χ4n) is 2.50. The van der Waals surface area contributed by atoms with Gasteiger partial charge in [-0.1, -0.05) is 37.3 Å². The molecule has 0 aromatic heterocycles. The van der Waals surface area contributed by atoms with Crippen LogP contribution in [0.1, 0.15) is 18.9 Å². The summed E-state index contributed by atoms with van der Waals surface area (Å²) in [6.45, 7) is 5.84. The molecule has 2 nitrogen and oxygen atoms in total. The van der Waals surface area contributed by atoms with Crippen molar-refractivity contribution in [3.8, 4) is 0 Å². The molecule has 1 N–H and O–H groups in total. The van der Waals surface area contributed by atoms with Gasteiger partial charge in [0.1, 0.15) is 0 Å². The van der Waals surface area contributed by atoms with Gasteiger partial charge in [-0.2, -0.15) is 0 Å². The molecule has 4 heteroatoms. The lowest BCUT2D eigenvalue weighted by molar-refractivity contribution is 0.147. The van der Waals surface area contributed by atoms with Gasteiger partial charge in [0, 0.05) is 19.1 Å². The van der Waals surface area contributed by atoms with Crippen LogP contribution in [0.3, 0.4) is 0 Å². The van der Waals surface area contributed by atoms with Gasteiger partial charge in [0.05, 0.1) is 0 Å². The molecule has 0 radical (unpaired) electrons. The summed E-state index contributed by atoms with van der Waals surface area (Å²) in [6.07, 6.45) is 1.30. The Morgan fingerprint density at radius 3 is 2.50 bits per heavy atom. The number of halogens is 2. The van der Waals surface area contributed by atoms with Crippen molar-refractivity contribution in [3.63, 3.8) is 0 Å². The maximum Gasteiger partial charge on any atom is 0.0234 e. The molecule has 1 heterocycles. The molecule has 0 spiro atoms. The molecule has 2 rings (SSSR count). The minimum atomic E-state index is 0. The Bertz CT molecular complexity index is 319. The molecule has 18 heavy (non-hydrogen) atoms. The molecule has 0 amide bonds. The predicted molar refractivity (Wildman–Crippen MR) is 82.8 cm³/mol. The summed E-state index contributed by atoms with van der Waals surface area (Å²) in [6, 6.07) is 11.4. The second-order valence-electron chi connectivity index (χ2n) is 4.88. The molecule has 1 fully saturated rings. The van der Waals surface area contributed by atoms with E-state index in [0.29, 0.717) is 6.04 Å². The first-order chi connectivity index (χ1) is 7.79. The van der Waals surface area contributed by atoms with Crippen molar-refractivity contribution in [2.75, 3.05) is 20.1 Å². The van der Waals surface area contributed by atoms with Crippen LogP contribution in [0, 0.1) is 5.92 Å². The molecule has 2 atom stereocenters. The molecule has 104 valence electrons. The average Bonchev–Trinajstić information content (AvgIpc) is 2.33. The predicted octanol–water partition coefficient (Wildman–Crippen LogP) is 2.96. The van der Waals surface area contributed by atoms with Gasteiger partial charge >= 0.3 is 0 Å². The smallest absolute Gasteiger partial charge is 0.0234 e. The zero-order valence-corrected chi connectivity index (χ0v) is 12.8. The number of nitrogens with one attached hydrogen (secondary N) is 1. The van der Waals surface area contributed by atoms with E-state index in [1.54, 1.807) is 0 Å². The third-order valence-electron chi connectivity index (χ3n) is 3.66. The SMILES string of the molecule is CN[C@H]1CN(Cc2ccccc2)CC[C@H]1C.Cl.Cl. The van der Waals surface area contributed by atoms with Gasteiger partial charge < -0.3 is 5.32 Å². The second-order valence-corrected chi connectivity index (χ2v) is 4.88. The van der Waals surface area contributed by atoms with Crippen molar-refractivity contribution in [1.29, 1.82) is 0 Å². The van der Waals surface area contributed by atoms with E-state index in [1.165, 1.54) is 25.1 Å². The van der Waals surface area contributed by atoms with Crippen molar-refractivity contribution in [3.05, 3.63) is 35.9 Å². The Morgan fingerprint density at radius 1 is 1.22 bits per heavy atom. The minimum Gasteiger partial charge on any atom is -0.315 e. The largest absolute Gasteiger partial charge is 0.315 e. The van der Waals surface area contributed by atoms with Crippen molar-refractivity contribution < 1.29 is 0 Å². The molecule has 0 unspecified atom stereocenters. The molecule has 0 aliphatic carbocycles. The van der Waals surface area contributed by atoms with Gasteiger partial charge in [0.2, 0.25) is 0 Å². The Hall–Kier alpha value is -0.280. The van der Waals surface area contributed by atoms with Crippen LogP contribution in [0.2, 0.25) is 0 Å². The van der Waals surface area contributed by atoms with Crippen LogP contribution >= 0.6 is 24.8 Å². The minimum absolute atomic E-state index is 0. The molecular formula is C14H24Cl2N2. The van der Waals surface area contributed by atoms with Gasteiger partial charge in [-0.3, -0.25) is 4.90 Å². The summed E-state index contributed by atoms with van der Waals surface area (Å²) in [5.74, 6) is 0.803. The summed E-state index contributed by atoms with van der Waals surface area (Å²) in [5, 5.41) is 3.43. The molecule has 0 bridgehead atoms. The van der Waals surface area contributed by atoms with E-state index in [-0.39, 0.29) is 24.8 Å². The van der Waals surface area contributed by atoms with Crippen LogP contribution in [0.4, 0.5) is 0 Å². The van der Waals surface area contributed by atoms with E-state index in [4.69, 9.17) is 0 Å². The maximum absolute atomic E-state index is 3.43. The molecule has 0 saturated carbocycles. The Labute approximate surface area is 123 Å². The van der Waals surface area contributed by atoms with Crippen LogP contribution < -0.4 is 5.32 Å². The highest BCUT2D eigenvalue weighted by Gasteiger charge is 2.24. The van der Waals surface area contributed by atoms with E-state index < -0.39 is 0 Å². The van der Waals surface area contributed by atoms with Crippen molar-refractivity contribution >= 4 is 24.8 Å². The summed E-state index contributed by atoms with van der Waals surface area (Å²) in [7, 11) is 2.08. The summed E-state index contributed by atoms with van der Waals surface area (Å²) in [5.41, 5.74) is 1.42. The molecule has 1 aromatic carbocycles. The van der Waals surface area contributed by atoms with E-state index in [9.17, 15) is 0 Å². The van der Waals surface area contributed by atoms with Gasteiger partial charge in [0.25, 0.3) is 0 Å². The van der Waals surface area contributed by atoms with Gasteiger partial charge in [-0.15, -0.1) is 24.8 Å². The van der Waals surface area contributed by atoms with E-state index in [0.717, 1.165) is 12.5 Å². The van der Waals surface area contributed by atoms with Crippen molar-refractivity contribution in [2.24, 2.45) is 5.92 Å². The number of likely N-dealkylation sites (N-methyl/N-ethyl adjacent to an activating group) is 1. The lowest BCUT2D eigenvalue weighted by Gasteiger charge is -2.37. The Kier molecular flexibility index (Phi) is 8.62. The monoisotopic (exact) mass is 290 g/mol. The molecule has 1 saturated heterocycles. The number of likely N-dealkylation sites (tertiary alicyclic amines) is 1. The van der Waals surface area contributed by atoms with Crippen LogP contribution in [0.5, 0.6) is 0 Å². The standard InChI is InChI=1S/C14H22N2.2ClH/c1-12-8-9-16(11-14(12)15-2)10-13-6-4-3-5-7-13;;/h3-7,12,14-15H,8-11H2,1-2H3;2*1H/t12-,14+;;/m1../s1. The number of piperidine rings is 1. The lowest BCUT2D eigenvalue weighted by Crippen LogP contribution is -2.48. The van der Waals surface area contributed by atoms with Gasteiger partial charge in [-0.25, -0.2) is 0 Å². The quantitative estimate of drug-likeness (QED) is 0.921. The lowest BCUT2D eigenvalue weighted by atomic mass is 9.93. The normalized spacial score (nSPS) is 23.9. The van der Waals surface area contributed by atoms with Crippen LogP contribution in [0.15, 0.2) is 30.3 Å². The average molecular weight is 291 g/mol. The number of rotatable bonds is 3. The van der Waals surface area contributed by atoms with Crippen molar-refractivity contribution in [2.45, 2.75) is 25.9 Å². The summed E-state index contributed by atoms with van der Waals surface area (Å²) in [4.78, 5) is 2.55. The number of hydrogen-bond donors (Lipinski definition) is 1. The fraction of sp³-hybridized carbons (Fsp3) is 0.571. The zero-order chi connectivity index (χ0) is 11.4.